The Morgan fingerprint density at radius 1 is 0.417 bits per heavy atom. The van der Waals surface area contributed by atoms with Crippen LogP contribution in [0.5, 0.6) is 0 Å². The summed E-state index contributed by atoms with van der Waals surface area (Å²) in [5.41, 5.74) is 0. The van der Waals surface area contributed by atoms with Crippen molar-refractivity contribution in [3.05, 3.63) is 170 Å². The molecule has 0 aromatic heterocycles. The van der Waals surface area contributed by atoms with E-state index >= 15 is 0 Å². The van der Waals surface area contributed by atoms with Gasteiger partial charge in [0.05, 0.1) is 18.8 Å². The number of carbonyl (C=O) groups is 1. The van der Waals surface area contributed by atoms with E-state index in [4.69, 9.17) is 0 Å². The van der Waals surface area contributed by atoms with Crippen LogP contribution in [0.1, 0.15) is 155 Å². The maximum absolute atomic E-state index is 12.3. The van der Waals surface area contributed by atoms with Crippen molar-refractivity contribution in [2.75, 3.05) is 6.61 Å². The Morgan fingerprint density at radius 3 is 1.10 bits per heavy atom. The molecule has 0 aromatic rings. The van der Waals surface area contributed by atoms with Crippen molar-refractivity contribution in [1.29, 1.82) is 0 Å². The van der Waals surface area contributed by atoms with E-state index in [-0.39, 0.29) is 12.5 Å². The molecule has 0 aromatic carbocycles. The van der Waals surface area contributed by atoms with E-state index in [1.807, 2.05) is 6.08 Å². The first-order valence-electron chi connectivity index (χ1n) is 23.3. The van der Waals surface area contributed by atoms with Crippen LogP contribution >= 0.6 is 0 Å². The minimum absolute atomic E-state index is 0.129. The number of aliphatic hydroxyl groups is 2. The van der Waals surface area contributed by atoms with Crippen LogP contribution in [0, 0.1) is 0 Å². The number of aliphatic hydroxyl groups excluding tert-OH is 2. The second-order valence-electron chi connectivity index (χ2n) is 14.7. The monoisotopic (exact) mass is 820 g/mol. The maximum atomic E-state index is 12.3. The zero-order valence-corrected chi connectivity index (χ0v) is 37.9. The van der Waals surface area contributed by atoms with Gasteiger partial charge in [0.15, 0.2) is 0 Å². The van der Waals surface area contributed by atoms with Crippen molar-refractivity contribution in [1.82, 2.24) is 5.32 Å². The number of unbranched alkanes of at least 4 members (excludes halogenated alkanes) is 6. The largest absolute Gasteiger partial charge is 0.394 e. The van der Waals surface area contributed by atoms with Crippen LogP contribution in [0.4, 0.5) is 0 Å². The Labute approximate surface area is 368 Å². The summed E-state index contributed by atoms with van der Waals surface area (Å²) >= 11 is 0. The van der Waals surface area contributed by atoms with E-state index in [9.17, 15) is 15.0 Å². The minimum Gasteiger partial charge on any atom is -0.394 e. The molecule has 0 saturated heterocycles. The van der Waals surface area contributed by atoms with Gasteiger partial charge in [-0.05, 0) is 122 Å². The summed E-state index contributed by atoms with van der Waals surface area (Å²) in [7, 11) is 0. The molecule has 60 heavy (non-hydrogen) atoms. The maximum Gasteiger partial charge on any atom is 0.220 e. The summed E-state index contributed by atoms with van der Waals surface area (Å²) in [5, 5.41) is 22.8. The highest BCUT2D eigenvalue weighted by molar-refractivity contribution is 5.76. The Kier molecular flexibility index (Phi) is 45.6. The molecule has 0 heterocycles. The zero-order valence-electron chi connectivity index (χ0n) is 37.9. The molecule has 0 spiro atoms. The number of rotatable bonds is 39. The fraction of sp³-hybridized carbons (Fsp3) is 0.482. The summed E-state index contributed by atoms with van der Waals surface area (Å²) in [4.78, 5) is 12.3. The summed E-state index contributed by atoms with van der Waals surface area (Å²) in [6.45, 7) is 4.08. The normalized spacial score (nSPS) is 14.5. The van der Waals surface area contributed by atoms with E-state index in [0.717, 1.165) is 116 Å². The molecule has 0 fully saturated rings. The van der Waals surface area contributed by atoms with Crippen LogP contribution < -0.4 is 5.32 Å². The van der Waals surface area contributed by atoms with Crippen molar-refractivity contribution < 1.29 is 15.0 Å². The lowest BCUT2D eigenvalue weighted by Crippen LogP contribution is -2.45. The number of nitrogens with one attached hydrogen (secondary N) is 1. The van der Waals surface area contributed by atoms with E-state index in [2.05, 4.69) is 177 Å². The lowest BCUT2D eigenvalue weighted by Gasteiger charge is -2.19. The zero-order chi connectivity index (χ0) is 43.5. The minimum atomic E-state index is -0.890. The number of amides is 1. The lowest BCUT2D eigenvalue weighted by molar-refractivity contribution is -0.123. The van der Waals surface area contributed by atoms with Crippen LogP contribution in [0.2, 0.25) is 0 Å². The van der Waals surface area contributed by atoms with Crippen molar-refractivity contribution >= 4 is 5.91 Å². The Bertz CT molecular complexity index is 1390. The quantitative estimate of drug-likeness (QED) is 0.0427. The average Bonchev–Trinajstić information content (AvgIpc) is 3.25. The van der Waals surface area contributed by atoms with Gasteiger partial charge in [-0.3, -0.25) is 4.79 Å². The summed E-state index contributed by atoms with van der Waals surface area (Å²) in [6.07, 6.45) is 82.0. The first kappa shape index (κ1) is 55.8. The summed E-state index contributed by atoms with van der Waals surface area (Å²) in [5.74, 6) is -0.129. The third-order valence-corrected chi connectivity index (χ3v) is 9.18. The molecule has 0 aliphatic carbocycles. The number of carbonyl (C=O) groups excluding carboxylic acids is 1. The van der Waals surface area contributed by atoms with Crippen LogP contribution in [0.15, 0.2) is 170 Å². The molecule has 4 nitrogen and oxygen atoms in total. The van der Waals surface area contributed by atoms with Crippen molar-refractivity contribution in [2.24, 2.45) is 0 Å². The Balaban J connectivity index is 3.78. The number of hydrogen-bond acceptors (Lipinski definition) is 3. The third-order valence-electron chi connectivity index (χ3n) is 9.18. The fourth-order valence-corrected chi connectivity index (χ4v) is 5.64. The second kappa shape index (κ2) is 49.1. The van der Waals surface area contributed by atoms with Crippen LogP contribution in [0.3, 0.4) is 0 Å². The van der Waals surface area contributed by atoms with Crippen molar-refractivity contribution in [3.63, 3.8) is 0 Å². The van der Waals surface area contributed by atoms with Gasteiger partial charge in [-0.2, -0.15) is 0 Å². The molecule has 2 unspecified atom stereocenters. The highest BCUT2D eigenvalue weighted by atomic mass is 16.3. The van der Waals surface area contributed by atoms with Gasteiger partial charge in [0.1, 0.15) is 0 Å². The topological polar surface area (TPSA) is 69.6 Å². The molecule has 332 valence electrons. The van der Waals surface area contributed by atoms with E-state index < -0.39 is 12.1 Å². The van der Waals surface area contributed by atoms with Crippen molar-refractivity contribution in [3.8, 4) is 0 Å². The molecule has 0 radical (unpaired) electrons. The van der Waals surface area contributed by atoms with Crippen LogP contribution in [-0.2, 0) is 4.79 Å². The third kappa shape index (κ3) is 44.8. The van der Waals surface area contributed by atoms with Gasteiger partial charge in [0, 0.05) is 6.42 Å². The summed E-state index contributed by atoms with van der Waals surface area (Å²) in [6, 6.07) is -0.673. The predicted molar refractivity (Wildman–Crippen MR) is 266 cm³/mol. The van der Waals surface area contributed by atoms with Gasteiger partial charge in [0.2, 0.25) is 5.91 Å². The van der Waals surface area contributed by atoms with Crippen molar-refractivity contribution in [2.45, 2.75) is 167 Å². The van der Waals surface area contributed by atoms with E-state index in [0.29, 0.717) is 6.42 Å². The number of hydrogen-bond donors (Lipinski definition) is 3. The molecule has 2 atom stereocenters. The predicted octanol–water partition coefficient (Wildman–Crippen LogP) is 15.2. The molecule has 0 rings (SSSR count). The van der Waals surface area contributed by atoms with Crippen LogP contribution in [-0.4, -0.2) is 34.9 Å². The van der Waals surface area contributed by atoms with E-state index in [1.165, 1.54) is 19.3 Å². The highest BCUT2D eigenvalue weighted by Gasteiger charge is 2.17. The second-order valence-corrected chi connectivity index (χ2v) is 14.7. The van der Waals surface area contributed by atoms with Gasteiger partial charge in [-0.1, -0.05) is 197 Å². The SMILES string of the molecule is CC/C=C\C/C=C\C/C=C\C/C=C\C/C=C\C/C=C\C/C=C\C/C=C\C/C=C\C/C=C\C/C=C\C/C=C\CCCCC(=O)NC(CO)C(O)/C=C/CC/C=C/CCCCC. The first-order valence-corrected chi connectivity index (χ1v) is 23.3. The van der Waals surface area contributed by atoms with Gasteiger partial charge >= 0.3 is 0 Å². The van der Waals surface area contributed by atoms with Crippen LogP contribution in [0.25, 0.3) is 0 Å². The fourth-order valence-electron chi connectivity index (χ4n) is 5.64. The van der Waals surface area contributed by atoms with Gasteiger partial charge in [-0.25, -0.2) is 0 Å². The van der Waals surface area contributed by atoms with Gasteiger partial charge in [0.25, 0.3) is 0 Å². The Morgan fingerprint density at radius 2 is 0.733 bits per heavy atom. The molecular weight excluding hydrogens is 735 g/mol. The smallest absolute Gasteiger partial charge is 0.220 e. The molecule has 4 heteroatoms. The summed E-state index contributed by atoms with van der Waals surface area (Å²) < 4.78 is 0. The highest BCUT2D eigenvalue weighted by Crippen LogP contribution is 2.06. The molecule has 1 amide bonds. The molecule has 3 N–H and O–H groups in total. The Hall–Kier alpha value is -4.25. The van der Waals surface area contributed by atoms with E-state index in [1.54, 1.807) is 6.08 Å². The first-order chi connectivity index (χ1) is 29.7. The molecule has 0 aliphatic heterocycles. The molecule has 0 bridgehead atoms. The number of allylic oxidation sites excluding steroid dienone is 27. The molecular formula is C56H85NO3. The standard InChI is InChI=1S/C56H85NO3/c1-3-5-7-9-11-13-14-15-16-17-18-19-20-21-22-23-24-25-26-27-28-29-30-31-32-33-34-35-36-37-38-39-40-41-42-44-46-48-50-52-56(60)57-54(53-58)55(59)51-49-47-45-43-12-10-8-6-4-2/h5,7,11-13,15-16,18-19,21-22,24-25,27-28,30-31,33-34,36-37,39-40,42-44,49,51,54-55,58-59H,3-4,6,8-10,14,17,20,23,26,29,32,35,38,41,45-48,50,52-53H2,1-2H3,(H,57,60)/b7-5-,13-11-,16-15-,19-18-,22-21-,25-24-,28-27-,31-30-,34-33-,37-36-,40-39-,43-12+,44-42-,51-49+. The van der Waals surface area contributed by atoms with Gasteiger partial charge < -0.3 is 15.5 Å². The molecule has 0 saturated carbocycles. The molecule has 0 aliphatic rings. The average molecular weight is 820 g/mol. The van der Waals surface area contributed by atoms with Gasteiger partial charge in [-0.15, -0.1) is 0 Å². The lowest BCUT2D eigenvalue weighted by atomic mass is 10.1.